The monoisotopic (exact) mass is 541 g/mol. The fourth-order valence-corrected chi connectivity index (χ4v) is 3.53. The highest BCUT2D eigenvalue weighted by molar-refractivity contribution is 14.0. The van der Waals surface area contributed by atoms with Crippen molar-refractivity contribution in [1.29, 1.82) is 0 Å². The van der Waals surface area contributed by atoms with E-state index in [0.29, 0.717) is 25.5 Å². The average molecular weight is 541 g/mol. The minimum atomic E-state index is -0.275. The summed E-state index contributed by atoms with van der Waals surface area (Å²) >= 11 is 0. The molecule has 1 aliphatic heterocycles. The summed E-state index contributed by atoms with van der Waals surface area (Å²) in [6.07, 6.45) is 3.48. The molecule has 0 aliphatic carbocycles. The Bertz CT molecular complexity index is 808. The van der Waals surface area contributed by atoms with Gasteiger partial charge in [-0.25, -0.2) is 9.37 Å². The summed E-state index contributed by atoms with van der Waals surface area (Å²) in [7, 11) is 0. The molecule has 0 bridgehead atoms. The van der Waals surface area contributed by atoms with E-state index in [1.54, 1.807) is 12.3 Å². The number of aromatic nitrogens is 1. The molecular weight excluding hydrogens is 508 g/mol. The number of nitrogens with one attached hydrogen (secondary N) is 2. The third-order valence-corrected chi connectivity index (χ3v) is 5.12. The minimum absolute atomic E-state index is 0. The molecule has 0 saturated carbocycles. The lowest BCUT2D eigenvalue weighted by Gasteiger charge is -2.20. The number of halogens is 2. The Morgan fingerprint density at radius 2 is 2.10 bits per heavy atom. The maximum atomic E-state index is 14.0. The van der Waals surface area contributed by atoms with Crippen LogP contribution < -0.4 is 15.5 Å². The first kappa shape index (κ1) is 25.3. The second-order valence-electron chi connectivity index (χ2n) is 7.42. The van der Waals surface area contributed by atoms with Gasteiger partial charge >= 0.3 is 0 Å². The lowest BCUT2D eigenvalue weighted by atomic mass is 10.1. The lowest BCUT2D eigenvalue weighted by molar-refractivity contribution is 0.0652. The first-order valence-corrected chi connectivity index (χ1v) is 10.7. The third-order valence-electron chi connectivity index (χ3n) is 5.12. The van der Waals surface area contributed by atoms with Gasteiger partial charge in [-0.05, 0) is 44.4 Å². The third kappa shape index (κ3) is 7.92. The van der Waals surface area contributed by atoms with Crippen LogP contribution in [0.15, 0.2) is 53.7 Å². The molecule has 3 rings (SSSR count). The fraction of sp³-hybridized carbons (Fsp3) is 0.478. The van der Waals surface area contributed by atoms with Crippen molar-refractivity contribution in [3.63, 3.8) is 0 Å². The molecule has 1 saturated heterocycles. The summed E-state index contributed by atoms with van der Waals surface area (Å²) in [4.78, 5) is 10.8. The van der Waals surface area contributed by atoms with Crippen molar-refractivity contribution in [2.45, 2.75) is 38.8 Å². The predicted octanol–water partition coefficient (Wildman–Crippen LogP) is 4.14. The van der Waals surface area contributed by atoms with Gasteiger partial charge in [0.25, 0.3) is 0 Å². The summed E-state index contributed by atoms with van der Waals surface area (Å²) in [6, 6.07) is 13.5. The quantitative estimate of drug-likeness (QED) is 0.216. The molecule has 170 valence electrons. The van der Waals surface area contributed by atoms with E-state index in [9.17, 15) is 4.39 Å². The zero-order valence-corrected chi connectivity index (χ0v) is 20.6. The molecule has 31 heavy (non-hydrogen) atoms. The van der Waals surface area contributed by atoms with Gasteiger partial charge in [0.05, 0.1) is 6.10 Å². The number of pyridine rings is 1. The van der Waals surface area contributed by atoms with Crippen molar-refractivity contribution >= 4 is 35.8 Å². The van der Waals surface area contributed by atoms with Crippen LogP contribution in [0.5, 0.6) is 0 Å². The van der Waals surface area contributed by atoms with E-state index in [0.717, 1.165) is 31.9 Å². The zero-order chi connectivity index (χ0) is 21.2. The van der Waals surface area contributed by atoms with Crippen LogP contribution in [0.1, 0.15) is 38.4 Å². The summed E-state index contributed by atoms with van der Waals surface area (Å²) in [6.45, 7) is 7.73. The van der Waals surface area contributed by atoms with Crippen LogP contribution >= 0.6 is 24.0 Å². The molecule has 2 heterocycles. The standard InChI is InChI=1S/C23H32FN5O.HI/c1-3-25-23(27-14-8-16-30-18(2)19-9-5-4-6-10-19)28-20-12-15-29(17-20)22-21(24)11-7-13-26-22;/h4-7,9-11,13,18,20H,3,8,12,14-17H2,1-2H3,(H2,25,27,28);1H. The Labute approximate surface area is 201 Å². The van der Waals surface area contributed by atoms with E-state index < -0.39 is 0 Å². The number of hydrogen-bond acceptors (Lipinski definition) is 4. The summed E-state index contributed by atoms with van der Waals surface area (Å²) in [5.74, 6) is 0.943. The molecule has 2 unspecified atom stereocenters. The number of guanidine groups is 1. The first-order valence-electron chi connectivity index (χ1n) is 10.7. The van der Waals surface area contributed by atoms with E-state index in [2.05, 4.69) is 39.7 Å². The van der Waals surface area contributed by atoms with Crippen LogP contribution in [0.2, 0.25) is 0 Å². The first-order chi connectivity index (χ1) is 14.7. The van der Waals surface area contributed by atoms with Crippen LogP contribution in [0, 0.1) is 5.82 Å². The fourth-order valence-electron chi connectivity index (χ4n) is 3.53. The van der Waals surface area contributed by atoms with E-state index in [-0.39, 0.29) is 41.9 Å². The molecule has 1 aromatic heterocycles. The highest BCUT2D eigenvalue weighted by Gasteiger charge is 2.25. The van der Waals surface area contributed by atoms with Crippen molar-refractivity contribution in [1.82, 2.24) is 15.6 Å². The van der Waals surface area contributed by atoms with E-state index in [1.807, 2.05) is 30.0 Å². The predicted molar refractivity (Wildman–Crippen MR) is 135 cm³/mol. The highest BCUT2D eigenvalue weighted by Crippen LogP contribution is 2.20. The van der Waals surface area contributed by atoms with Gasteiger partial charge in [-0.2, -0.15) is 0 Å². The molecule has 1 aliphatic rings. The summed E-state index contributed by atoms with van der Waals surface area (Å²) in [5, 5.41) is 6.76. The number of ether oxygens (including phenoxy) is 1. The second kappa shape index (κ2) is 13.5. The van der Waals surface area contributed by atoms with Crippen LogP contribution in [0.4, 0.5) is 10.2 Å². The smallest absolute Gasteiger partial charge is 0.191 e. The Hall–Kier alpha value is -1.94. The topological polar surface area (TPSA) is 61.8 Å². The average Bonchev–Trinajstić information content (AvgIpc) is 3.22. The Morgan fingerprint density at radius 1 is 1.29 bits per heavy atom. The number of nitrogens with zero attached hydrogens (tertiary/aromatic N) is 3. The van der Waals surface area contributed by atoms with Gasteiger partial charge in [-0.3, -0.25) is 4.99 Å². The largest absolute Gasteiger partial charge is 0.374 e. The van der Waals surface area contributed by atoms with E-state index in [1.165, 1.54) is 11.6 Å². The van der Waals surface area contributed by atoms with Crippen molar-refractivity contribution in [3.05, 3.63) is 60.0 Å². The summed E-state index contributed by atoms with van der Waals surface area (Å²) in [5.41, 5.74) is 1.19. The molecule has 6 nitrogen and oxygen atoms in total. The number of anilines is 1. The minimum Gasteiger partial charge on any atom is -0.374 e. The zero-order valence-electron chi connectivity index (χ0n) is 18.3. The second-order valence-corrected chi connectivity index (χ2v) is 7.42. The molecule has 2 N–H and O–H groups in total. The highest BCUT2D eigenvalue weighted by atomic mass is 127. The molecule has 1 aromatic carbocycles. The van der Waals surface area contributed by atoms with Crippen LogP contribution in [-0.2, 0) is 4.74 Å². The van der Waals surface area contributed by atoms with Crippen molar-refractivity contribution in [3.8, 4) is 0 Å². The number of benzene rings is 1. The molecule has 2 aromatic rings. The maximum Gasteiger partial charge on any atom is 0.191 e. The van der Waals surface area contributed by atoms with Crippen molar-refractivity contribution in [2.75, 3.05) is 37.7 Å². The molecule has 0 spiro atoms. The SMILES string of the molecule is CCNC(=NCCCOC(C)c1ccccc1)NC1CCN(c2ncccc2F)C1.I. The van der Waals surface area contributed by atoms with Gasteiger partial charge in [0.2, 0.25) is 0 Å². The van der Waals surface area contributed by atoms with Gasteiger partial charge in [-0.1, -0.05) is 30.3 Å². The van der Waals surface area contributed by atoms with Crippen molar-refractivity contribution < 1.29 is 9.13 Å². The van der Waals surface area contributed by atoms with Crippen LogP contribution in [0.3, 0.4) is 0 Å². The Balaban J connectivity index is 0.00000341. The van der Waals surface area contributed by atoms with E-state index in [4.69, 9.17) is 4.74 Å². The molecule has 8 heteroatoms. The van der Waals surface area contributed by atoms with Crippen LogP contribution in [-0.4, -0.2) is 49.8 Å². The number of aliphatic imine (C=N–C) groups is 1. The molecular formula is C23H33FIN5O. The summed E-state index contributed by atoms with van der Waals surface area (Å²) < 4.78 is 19.9. The van der Waals surface area contributed by atoms with Crippen LogP contribution in [0.25, 0.3) is 0 Å². The normalized spacial score (nSPS) is 17.2. The molecule has 2 atom stereocenters. The van der Waals surface area contributed by atoms with Gasteiger partial charge in [-0.15, -0.1) is 24.0 Å². The number of hydrogen-bond donors (Lipinski definition) is 2. The maximum absolute atomic E-state index is 14.0. The van der Waals surface area contributed by atoms with Gasteiger partial charge in [0, 0.05) is 45.0 Å². The van der Waals surface area contributed by atoms with Gasteiger partial charge < -0.3 is 20.3 Å². The lowest BCUT2D eigenvalue weighted by Crippen LogP contribution is -2.44. The van der Waals surface area contributed by atoms with E-state index >= 15 is 0 Å². The Kier molecular flexibility index (Phi) is 11.0. The molecule has 1 fully saturated rings. The number of rotatable bonds is 9. The molecule has 0 amide bonds. The van der Waals surface area contributed by atoms with Gasteiger partial charge in [0.1, 0.15) is 0 Å². The Morgan fingerprint density at radius 3 is 2.84 bits per heavy atom. The molecule has 0 radical (unpaired) electrons. The van der Waals surface area contributed by atoms with Gasteiger partial charge in [0.15, 0.2) is 17.6 Å². The van der Waals surface area contributed by atoms with Crippen molar-refractivity contribution in [2.24, 2.45) is 4.99 Å².